The number of benzene rings is 3. The van der Waals surface area contributed by atoms with Crippen LogP contribution < -0.4 is 19.6 Å². The maximum absolute atomic E-state index is 12.6. The molecule has 0 bridgehead atoms. The first-order chi connectivity index (χ1) is 13.2. The number of amides is 1. The van der Waals surface area contributed by atoms with Crippen molar-refractivity contribution in [3.63, 3.8) is 0 Å². The van der Waals surface area contributed by atoms with E-state index in [2.05, 4.69) is 10.5 Å². The molecule has 0 aromatic heterocycles. The van der Waals surface area contributed by atoms with Crippen LogP contribution in [0.15, 0.2) is 53.6 Å². The van der Waals surface area contributed by atoms with Crippen molar-refractivity contribution in [2.45, 2.75) is 6.92 Å². The van der Waals surface area contributed by atoms with Crippen LogP contribution in [0.3, 0.4) is 0 Å². The molecule has 0 saturated heterocycles. The van der Waals surface area contributed by atoms with E-state index >= 15 is 0 Å². The molecule has 6 heteroatoms. The van der Waals surface area contributed by atoms with E-state index < -0.39 is 0 Å². The third kappa shape index (κ3) is 3.29. The predicted molar refractivity (Wildman–Crippen MR) is 103 cm³/mol. The van der Waals surface area contributed by atoms with Crippen LogP contribution in [0.1, 0.15) is 21.5 Å². The first kappa shape index (κ1) is 16.9. The number of rotatable bonds is 4. The molecule has 1 heterocycles. The van der Waals surface area contributed by atoms with Gasteiger partial charge in [0, 0.05) is 5.56 Å². The van der Waals surface area contributed by atoms with Crippen LogP contribution in [0.5, 0.6) is 17.2 Å². The second-order valence-electron chi connectivity index (χ2n) is 6.16. The summed E-state index contributed by atoms with van der Waals surface area (Å²) in [5.74, 6) is 1.55. The van der Waals surface area contributed by atoms with Crippen molar-refractivity contribution >= 4 is 22.9 Å². The number of methoxy groups -OCH3 is 1. The van der Waals surface area contributed by atoms with Crippen molar-refractivity contribution in [1.29, 1.82) is 0 Å². The van der Waals surface area contributed by atoms with Crippen molar-refractivity contribution in [3.8, 4) is 17.2 Å². The van der Waals surface area contributed by atoms with Gasteiger partial charge >= 0.3 is 0 Å². The Kier molecular flexibility index (Phi) is 4.38. The molecule has 6 nitrogen and oxygen atoms in total. The van der Waals surface area contributed by atoms with E-state index in [0.717, 1.165) is 27.6 Å². The topological polar surface area (TPSA) is 69.2 Å². The molecule has 1 N–H and O–H groups in total. The summed E-state index contributed by atoms with van der Waals surface area (Å²) < 4.78 is 16.1. The van der Waals surface area contributed by atoms with Gasteiger partial charge in [-0.05, 0) is 47.5 Å². The van der Waals surface area contributed by atoms with Gasteiger partial charge in [-0.2, -0.15) is 5.10 Å². The minimum atomic E-state index is -0.341. The normalized spacial score (nSPS) is 12.5. The summed E-state index contributed by atoms with van der Waals surface area (Å²) in [5.41, 5.74) is 4.80. The van der Waals surface area contributed by atoms with Crippen LogP contribution in [-0.2, 0) is 0 Å². The van der Waals surface area contributed by atoms with Gasteiger partial charge in [-0.1, -0.05) is 24.3 Å². The number of fused-ring (bicyclic) bond motifs is 2. The maximum atomic E-state index is 12.6. The quantitative estimate of drug-likeness (QED) is 0.568. The Bertz CT molecular complexity index is 1060. The zero-order valence-electron chi connectivity index (χ0n) is 15.0. The van der Waals surface area contributed by atoms with E-state index in [0.29, 0.717) is 17.1 Å². The van der Waals surface area contributed by atoms with Gasteiger partial charge in [0.25, 0.3) is 5.91 Å². The van der Waals surface area contributed by atoms with Crippen LogP contribution in [0.4, 0.5) is 0 Å². The molecule has 0 radical (unpaired) electrons. The summed E-state index contributed by atoms with van der Waals surface area (Å²) in [4.78, 5) is 12.6. The first-order valence-electron chi connectivity index (χ1n) is 8.46. The molecule has 1 aliphatic heterocycles. The Morgan fingerprint density at radius 1 is 1.11 bits per heavy atom. The Morgan fingerprint density at radius 2 is 1.81 bits per heavy atom. The summed E-state index contributed by atoms with van der Waals surface area (Å²) in [6.07, 6.45) is 1.59. The first-order valence-corrected chi connectivity index (χ1v) is 8.46. The van der Waals surface area contributed by atoms with Gasteiger partial charge in [0.05, 0.1) is 18.9 Å². The highest BCUT2D eigenvalue weighted by Crippen LogP contribution is 2.34. The number of carbonyl (C=O) groups is 1. The van der Waals surface area contributed by atoms with Crippen LogP contribution in [-0.4, -0.2) is 26.0 Å². The highest BCUT2D eigenvalue weighted by Gasteiger charge is 2.15. The van der Waals surface area contributed by atoms with E-state index in [1.807, 2.05) is 49.4 Å². The fraction of sp³-hybridized carbons (Fsp3) is 0.143. The number of ether oxygens (including phenoxy) is 3. The van der Waals surface area contributed by atoms with Crippen LogP contribution in [0.2, 0.25) is 0 Å². The number of nitrogens with zero attached hydrogens (tertiary/aromatic N) is 1. The second-order valence-corrected chi connectivity index (χ2v) is 6.16. The lowest BCUT2D eigenvalue weighted by molar-refractivity contribution is 0.0952. The van der Waals surface area contributed by atoms with Crippen molar-refractivity contribution in [2.24, 2.45) is 5.10 Å². The molecule has 0 unspecified atom stereocenters. The third-order valence-corrected chi connectivity index (χ3v) is 4.44. The standard InChI is InChI=1S/C21H18N2O4/c1-13-7-19-20(27-12-26-19)10-16(13)11-22-23-21(24)17-8-14-5-3-4-6-15(14)9-18(17)25-2/h3-11H,12H2,1-2H3,(H,23,24)/b22-11-. The minimum absolute atomic E-state index is 0.216. The largest absolute Gasteiger partial charge is 0.496 e. The number of hydrogen-bond acceptors (Lipinski definition) is 5. The van der Waals surface area contributed by atoms with E-state index in [-0.39, 0.29) is 12.7 Å². The zero-order chi connectivity index (χ0) is 18.8. The lowest BCUT2D eigenvalue weighted by atomic mass is 10.1. The maximum Gasteiger partial charge on any atom is 0.275 e. The van der Waals surface area contributed by atoms with Crippen molar-refractivity contribution in [2.75, 3.05) is 13.9 Å². The SMILES string of the molecule is COc1cc2ccccc2cc1C(=O)N/N=C\c1cc2c(cc1C)OCO2. The van der Waals surface area contributed by atoms with Crippen molar-refractivity contribution in [3.05, 3.63) is 65.2 Å². The lowest BCUT2D eigenvalue weighted by Gasteiger charge is -2.09. The Balaban J connectivity index is 1.56. The molecule has 1 amide bonds. The summed E-state index contributed by atoms with van der Waals surface area (Å²) in [7, 11) is 1.54. The van der Waals surface area contributed by atoms with E-state index in [1.165, 1.54) is 0 Å². The van der Waals surface area contributed by atoms with Gasteiger partial charge in [0.1, 0.15) is 5.75 Å². The summed E-state index contributed by atoms with van der Waals surface area (Å²) in [6.45, 7) is 2.16. The van der Waals surface area contributed by atoms with Gasteiger partial charge in [-0.25, -0.2) is 5.43 Å². The molecular weight excluding hydrogens is 344 g/mol. The van der Waals surface area contributed by atoms with Crippen molar-refractivity contribution in [1.82, 2.24) is 5.43 Å². The molecule has 0 spiro atoms. The number of carbonyl (C=O) groups excluding carboxylic acids is 1. The van der Waals surface area contributed by atoms with Crippen LogP contribution in [0, 0.1) is 6.92 Å². The molecule has 3 aromatic carbocycles. The van der Waals surface area contributed by atoms with Gasteiger partial charge < -0.3 is 14.2 Å². The second kappa shape index (κ2) is 6.99. The zero-order valence-corrected chi connectivity index (χ0v) is 15.0. The molecule has 1 aliphatic rings. The number of hydrogen-bond donors (Lipinski definition) is 1. The van der Waals surface area contributed by atoms with Crippen molar-refractivity contribution < 1.29 is 19.0 Å². The molecule has 4 rings (SSSR count). The molecule has 3 aromatic rings. The molecule has 0 saturated carbocycles. The Labute approximate surface area is 156 Å². The number of hydrazone groups is 1. The van der Waals surface area contributed by atoms with Crippen LogP contribution in [0.25, 0.3) is 10.8 Å². The smallest absolute Gasteiger partial charge is 0.275 e. The molecule has 0 aliphatic carbocycles. The van der Waals surface area contributed by atoms with Gasteiger partial charge in [-0.3, -0.25) is 4.79 Å². The number of nitrogens with one attached hydrogen (secondary N) is 1. The predicted octanol–water partition coefficient (Wildman–Crippen LogP) is 3.65. The molecule has 0 atom stereocenters. The monoisotopic (exact) mass is 362 g/mol. The molecule has 27 heavy (non-hydrogen) atoms. The summed E-state index contributed by atoms with van der Waals surface area (Å²) in [6, 6.07) is 15.2. The minimum Gasteiger partial charge on any atom is -0.496 e. The fourth-order valence-corrected chi connectivity index (χ4v) is 2.98. The van der Waals surface area contributed by atoms with E-state index in [4.69, 9.17) is 14.2 Å². The molecular formula is C21H18N2O4. The Morgan fingerprint density at radius 3 is 2.56 bits per heavy atom. The summed E-state index contributed by atoms with van der Waals surface area (Å²) in [5, 5.41) is 6.05. The Hall–Kier alpha value is -3.54. The van der Waals surface area contributed by atoms with Gasteiger partial charge in [0.2, 0.25) is 6.79 Å². The average Bonchev–Trinajstić information content (AvgIpc) is 3.14. The molecule has 136 valence electrons. The third-order valence-electron chi connectivity index (χ3n) is 4.44. The summed E-state index contributed by atoms with van der Waals surface area (Å²) >= 11 is 0. The molecule has 0 fully saturated rings. The van der Waals surface area contributed by atoms with E-state index in [9.17, 15) is 4.79 Å². The van der Waals surface area contributed by atoms with Gasteiger partial charge in [0.15, 0.2) is 11.5 Å². The average molecular weight is 362 g/mol. The number of aryl methyl sites for hydroxylation is 1. The highest BCUT2D eigenvalue weighted by molar-refractivity contribution is 6.02. The fourth-order valence-electron chi connectivity index (χ4n) is 2.98. The van der Waals surface area contributed by atoms with Gasteiger partial charge in [-0.15, -0.1) is 0 Å². The highest BCUT2D eigenvalue weighted by atomic mass is 16.7. The van der Waals surface area contributed by atoms with Crippen LogP contribution >= 0.6 is 0 Å². The van der Waals surface area contributed by atoms with E-state index in [1.54, 1.807) is 19.4 Å². The lowest BCUT2D eigenvalue weighted by Crippen LogP contribution is -2.18.